The average Bonchev–Trinajstić information content (AvgIpc) is 2.26. The molecule has 86 valence electrons. The Morgan fingerprint density at radius 1 is 1.19 bits per heavy atom. The molecular weight excluding hydrogens is 200 g/mol. The summed E-state index contributed by atoms with van der Waals surface area (Å²) in [4.78, 5) is 10.4. The summed E-state index contributed by atoms with van der Waals surface area (Å²) in [6, 6.07) is 8.03. The van der Waals surface area contributed by atoms with Gasteiger partial charge < -0.3 is 5.11 Å². The van der Waals surface area contributed by atoms with Crippen molar-refractivity contribution in [1.29, 1.82) is 0 Å². The van der Waals surface area contributed by atoms with Crippen LogP contribution in [0, 0.1) is 5.92 Å². The van der Waals surface area contributed by atoms with E-state index in [1.807, 2.05) is 12.1 Å². The third-order valence-corrected chi connectivity index (χ3v) is 2.88. The topological polar surface area (TPSA) is 37.3 Å². The Bertz CT molecular complexity index is 374. The van der Waals surface area contributed by atoms with Crippen molar-refractivity contribution in [2.75, 3.05) is 0 Å². The molecule has 1 N–H and O–H groups in total. The summed E-state index contributed by atoms with van der Waals surface area (Å²) in [6.45, 7) is 6.60. The van der Waals surface area contributed by atoms with Crippen LogP contribution in [0.1, 0.15) is 37.8 Å². The molecule has 0 unspecified atom stereocenters. The molecule has 0 bridgehead atoms. The maximum Gasteiger partial charge on any atom is 0.328 e. The summed E-state index contributed by atoms with van der Waals surface area (Å²) < 4.78 is 0. The maximum absolute atomic E-state index is 10.4. The van der Waals surface area contributed by atoms with Crippen LogP contribution in [-0.2, 0) is 4.79 Å². The summed E-state index contributed by atoms with van der Waals surface area (Å²) in [5.41, 5.74) is 2.21. The van der Waals surface area contributed by atoms with E-state index in [4.69, 9.17) is 5.11 Å². The summed E-state index contributed by atoms with van der Waals surface area (Å²) in [6.07, 6.45) is 2.76. The molecule has 2 nitrogen and oxygen atoms in total. The molecule has 1 aromatic carbocycles. The molecular formula is C14H18O2. The fourth-order valence-corrected chi connectivity index (χ4v) is 1.46. The molecule has 0 saturated carbocycles. The monoisotopic (exact) mass is 218 g/mol. The highest BCUT2D eigenvalue weighted by atomic mass is 16.4. The average molecular weight is 218 g/mol. The number of hydrogen-bond donors (Lipinski definition) is 1. The molecule has 0 heterocycles. The Balaban J connectivity index is 2.79. The Kier molecular flexibility index (Phi) is 4.29. The van der Waals surface area contributed by atoms with Gasteiger partial charge in [0.05, 0.1) is 0 Å². The Morgan fingerprint density at radius 3 is 2.19 bits per heavy atom. The third kappa shape index (κ3) is 3.54. The van der Waals surface area contributed by atoms with Crippen LogP contribution < -0.4 is 0 Å². The highest BCUT2D eigenvalue weighted by Gasteiger charge is 2.08. The van der Waals surface area contributed by atoms with Gasteiger partial charge in [0.2, 0.25) is 0 Å². The van der Waals surface area contributed by atoms with Crippen molar-refractivity contribution in [3.8, 4) is 0 Å². The zero-order valence-electron chi connectivity index (χ0n) is 9.97. The Morgan fingerprint density at radius 2 is 1.75 bits per heavy atom. The lowest BCUT2D eigenvalue weighted by molar-refractivity contribution is -0.131. The second-order valence-corrected chi connectivity index (χ2v) is 4.37. The van der Waals surface area contributed by atoms with Gasteiger partial charge in [-0.3, -0.25) is 0 Å². The van der Waals surface area contributed by atoms with Crippen LogP contribution in [0.2, 0.25) is 0 Å². The fraction of sp³-hybridized carbons (Fsp3) is 0.357. The van der Waals surface area contributed by atoms with Gasteiger partial charge in [-0.05, 0) is 29.0 Å². The normalized spacial score (nSPS) is 13.2. The molecule has 0 aromatic heterocycles. The number of rotatable bonds is 4. The van der Waals surface area contributed by atoms with E-state index >= 15 is 0 Å². The van der Waals surface area contributed by atoms with Crippen LogP contribution in [0.25, 0.3) is 6.08 Å². The smallest absolute Gasteiger partial charge is 0.328 e. The van der Waals surface area contributed by atoms with Crippen LogP contribution >= 0.6 is 0 Å². The first-order valence-corrected chi connectivity index (χ1v) is 5.51. The summed E-state index contributed by atoms with van der Waals surface area (Å²) in [5, 5.41) is 8.50. The van der Waals surface area contributed by atoms with E-state index in [1.54, 1.807) is 6.08 Å². The lowest BCUT2D eigenvalue weighted by atomic mass is 9.90. The number of aliphatic carboxylic acids is 1. The van der Waals surface area contributed by atoms with Gasteiger partial charge in [0, 0.05) is 6.08 Å². The van der Waals surface area contributed by atoms with Crippen molar-refractivity contribution in [2.24, 2.45) is 5.92 Å². The number of carboxylic acids is 1. The quantitative estimate of drug-likeness (QED) is 0.785. The van der Waals surface area contributed by atoms with E-state index in [9.17, 15) is 4.79 Å². The van der Waals surface area contributed by atoms with E-state index < -0.39 is 5.97 Å². The van der Waals surface area contributed by atoms with Gasteiger partial charge in [-0.2, -0.15) is 0 Å². The Hall–Kier alpha value is -1.57. The van der Waals surface area contributed by atoms with Crippen molar-refractivity contribution in [2.45, 2.75) is 26.7 Å². The maximum atomic E-state index is 10.4. The lowest BCUT2D eigenvalue weighted by Crippen LogP contribution is -2.01. The SMILES string of the molecule is CC(C)[C@@H](C)c1ccc(/C=C/C(=O)O)cc1. The van der Waals surface area contributed by atoms with Gasteiger partial charge in [0.15, 0.2) is 0 Å². The van der Waals surface area contributed by atoms with Crippen molar-refractivity contribution < 1.29 is 9.90 Å². The number of hydrogen-bond acceptors (Lipinski definition) is 1. The third-order valence-electron chi connectivity index (χ3n) is 2.88. The van der Waals surface area contributed by atoms with Crippen LogP contribution in [0.15, 0.2) is 30.3 Å². The van der Waals surface area contributed by atoms with Gasteiger partial charge in [-0.1, -0.05) is 45.0 Å². The second kappa shape index (κ2) is 5.50. The van der Waals surface area contributed by atoms with Crippen LogP contribution in [-0.4, -0.2) is 11.1 Å². The first-order chi connectivity index (χ1) is 7.50. The molecule has 0 saturated heterocycles. The molecule has 0 aliphatic carbocycles. The van der Waals surface area contributed by atoms with Gasteiger partial charge >= 0.3 is 5.97 Å². The first-order valence-electron chi connectivity index (χ1n) is 5.51. The van der Waals surface area contributed by atoms with Gasteiger partial charge in [-0.25, -0.2) is 4.79 Å². The van der Waals surface area contributed by atoms with Crippen molar-refractivity contribution in [3.05, 3.63) is 41.5 Å². The zero-order chi connectivity index (χ0) is 12.1. The molecule has 0 fully saturated rings. The lowest BCUT2D eigenvalue weighted by Gasteiger charge is -2.15. The number of carboxylic acid groups (broad SMARTS) is 1. The first kappa shape index (κ1) is 12.5. The largest absolute Gasteiger partial charge is 0.478 e. The number of carbonyl (C=O) groups is 1. The predicted molar refractivity (Wildman–Crippen MR) is 66.4 cm³/mol. The fourth-order valence-electron chi connectivity index (χ4n) is 1.46. The van der Waals surface area contributed by atoms with E-state index in [2.05, 4.69) is 32.9 Å². The minimum Gasteiger partial charge on any atom is -0.478 e. The molecule has 0 aliphatic rings. The highest BCUT2D eigenvalue weighted by molar-refractivity contribution is 5.85. The van der Waals surface area contributed by atoms with Crippen molar-refractivity contribution in [1.82, 2.24) is 0 Å². The minimum atomic E-state index is -0.917. The number of benzene rings is 1. The molecule has 16 heavy (non-hydrogen) atoms. The predicted octanol–water partition coefficient (Wildman–Crippen LogP) is 3.54. The van der Waals surface area contributed by atoms with Gasteiger partial charge in [0.1, 0.15) is 0 Å². The van der Waals surface area contributed by atoms with Gasteiger partial charge in [-0.15, -0.1) is 0 Å². The molecule has 1 rings (SSSR count). The molecule has 2 heteroatoms. The zero-order valence-corrected chi connectivity index (χ0v) is 9.97. The van der Waals surface area contributed by atoms with Crippen LogP contribution in [0.3, 0.4) is 0 Å². The highest BCUT2D eigenvalue weighted by Crippen LogP contribution is 2.23. The molecule has 1 atom stereocenters. The Labute approximate surface area is 96.6 Å². The molecule has 0 aliphatic heterocycles. The van der Waals surface area contributed by atoms with Crippen molar-refractivity contribution >= 4 is 12.0 Å². The van der Waals surface area contributed by atoms with E-state index in [-0.39, 0.29) is 0 Å². The molecule has 0 radical (unpaired) electrons. The van der Waals surface area contributed by atoms with E-state index in [0.717, 1.165) is 11.6 Å². The van der Waals surface area contributed by atoms with Crippen LogP contribution in [0.5, 0.6) is 0 Å². The van der Waals surface area contributed by atoms with Crippen molar-refractivity contribution in [3.63, 3.8) is 0 Å². The summed E-state index contributed by atoms with van der Waals surface area (Å²) >= 11 is 0. The molecule has 0 amide bonds. The summed E-state index contributed by atoms with van der Waals surface area (Å²) in [7, 11) is 0. The minimum absolute atomic E-state index is 0.525. The standard InChI is InChI=1S/C14H18O2/c1-10(2)11(3)13-7-4-12(5-8-13)6-9-14(15)16/h4-11H,1-3H3,(H,15,16)/b9-6+/t11-/m1/s1. The molecule has 1 aromatic rings. The summed E-state index contributed by atoms with van der Waals surface area (Å²) in [5.74, 6) is 0.220. The second-order valence-electron chi connectivity index (χ2n) is 4.37. The van der Waals surface area contributed by atoms with E-state index in [1.165, 1.54) is 5.56 Å². The van der Waals surface area contributed by atoms with Gasteiger partial charge in [0.25, 0.3) is 0 Å². The van der Waals surface area contributed by atoms with Crippen LogP contribution in [0.4, 0.5) is 0 Å². The molecule has 0 spiro atoms. The van der Waals surface area contributed by atoms with E-state index in [0.29, 0.717) is 11.8 Å².